The average Bonchev–Trinajstić information content (AvgIpc) is 2.61. The van der Waals surface area contributed by atoms with E-state index in [0.717, 1.165) is 16.2 Å². The molecular formula is C18H21ClN3O4+. The minimum absolute atomic E-state index is 0.00135. The van der Waals surface area contributed by atoms with Crippen molar-refractivity contribution >= 4 is 23.2 Å². The zero-order valence-corrected chi connectivity index (χ0v) is 15.5. The van der Waals surface area contributed by atoms with Gasteiger partial charge < -0.3 is 15.0 Å². The minimum Gasteiger partial charge on any atom is -0.497 e. The Balaban J connectivity index is 2.15. The fraction of sp³-hybridized carbons (Fsp3) is 0.278. The van der Waals surface area contributed by atoms with Crippen LogP contribution in [0, 0.1) is 10.1 Å². The van der Waals surface area contributed by atoms with Crippen LogP contribution < -0.4 is 15.0 Å². The summed E-state index contributed by atoms with van der Waals surface area (Å²) in [5, 5.41) is 13.8. The molecule has 8 heteroatoms. The summed E-state index contributed by atoms with van der Waals surface area (Å²) in [6, 6.07) is 11.7. The number of nitro benzene ring substituents is 1. The smallest absolute Gasteiger partial charge is 0.288 e. The molecule has 2 aromatic rings. The third kappa shape index (κ3) is 4.71. The van der Waals surface area contributed by atoms with Crippen molar-refractivity contribution in [2.75, 3.05) is 27.7 Å². The fourth-order valence-electron chi connectivity index (χ4n) is 2.60. The Kier molecular flexibility index (Phi) is 6.54. The summed E-state index contributed by atoms with van der Waals surface area (Å²) < 4.78 is 5.25. The van der Waals surface area contributed by atoms with Crippen molar-refractivity contribution in [3.63, 3.8) is 0 Å². The van der Waals surface area contributed by atoms with Crippen LogP contribution in [0.4, 0.5) is 5.69 Å². The number of ether oxygens (including phenoxy) is 1. The number of carbonyl (C=O) groups excluding carboxylic acids is 1. The molecule has 0 bridgehead atoms. The Morgan fingerprint density at radius 3 is 2.65 bits per heavy atom. The topological polar surface area (TPSA) is 85.9 Å². The summed E-state index contributed by atoms with van der Waals surface area (Å²) >= 11 is 5.79. The molecule has 0 spiro atoms. The maximum Gasteiger partial charge on any atom is 0.288 e. The molecule has 1 atom stereocenters. The van der Waals surface area contributed by atoms with Crippen LogP contribution in [0.5, 0.6) is 5.75 Å². The van der Waals surface area contributed by atoms with Crippen molar-refractivity contribution in [2.24, 2.45) is 0 Å². The van der Waals surface area contributed by atoms with Crippen molar-refractivity contribution < 1.29 is 19.4 Å². The van der Waals surface area contributed by atoms with Gasteiger partial charge in [0.1, 0.15) is 16.8 Å². The second-order valence-corrected chi connectivity index (χ2v) is 6.45. The van der Waals surface area contributed by atoms with Gasteiger partial charge in [0.2, 0.25) is 0 Å². The Hall–Kier alpha value is -2.64. The van der Waals surface area contributed by atoms with Gasteiger partial charge in [0, 0.05) is 17.2 Å². The molecular weight excluding hydrogens is 358 g/mol. The largest absolute Gasteiger partial charge is 0.497 e. The number of amides is 1. The predicted octanol–water partition coefficient (Wildman–Crippen LogP) is 1.87. The predicted molar refractivity (Wildman–Crippen MR) is 99.0 cm³/mol. The lowest BCUT2D eigenvalue weighted by Crippen LogP contribution is -3.07. The minimum atomic E-state index is -0.609. The number of rotatable bonds is 7. The lowest BCUT2D eigenvalue weighted by molar-refractivity contribution is -0.890. The van der Waals surface area contributed by atoms with Gasteiger partial charge in [-0.15, -0.1) is 0 Å². The normalized spacial score (nSPS) is 11.9. The molecule has 26 heavy (non-hydrogen) atoms. The maximum atomic E-state index is 12.4. The zero-order chi connectivity index (χ0) is 19.3. The Labute approximate surface area is 156 Å². The van der Waals surface area contributed by atoms with Crippen LogP contribution in [0.25, 0.3) is 0 Å². The molecule has 7 nitrogen and oxygen atoms in total. The molecule has 0 unspecified atom stereocenters. The first-order valence-electron chi connectivity index (χ1n) is 7.99. The third-order valence-electron chi connectivity index (χ3n) is 4.06. The summed E-state index contributed by atoms with van der Waals surface area (Å²) in [6.07, 6.45) is 0. The van der Waals surface area contributed by atoms with E-state index in [0.29, 0.717) is 6.54 Å². The number of hydrogen-bond donors (Lipinski definition) is 2. The molecule has 0 aliphatic carbocycles. The van der Waals surface area contributed by atoms with E-state index in [4.69, 9.17) is 16.3 Å². The second-order valence-electron chi connectivity index (χ2n) is 6.04. The molecule has 0 saturated carbocycles. The third-order valence-corrected chi connectivity index (χ3v) is 4.38. The average molecular weight is 379 g/mol. The molecule has 0 radical (unpaired) electrons. The van der Waals surface area contributed by atoms with E-state index in [2.05, 4.69) is 5.32 Å². The first kappa shape index (κ1) is 19.7. The van der Waals surface area contributed by atoms with Gasteiger partial charge in [-0.1, -0.05) is 23.7 Å². The van der Waals surface area contributed by atoms with Crippen LogP contribution in [0.2, 0.25) is 5.02 Å². The number of likely N-dealkylation sites (N-methyl/N-ethyl adjacent to an activating group) is 1. The van der Waals surface area contributed by atoms with E-state index in [1.807, 2.05) is 38.4 Å². The highest BCUT2D eigenvalue weighted by molar-refractivity contribution is 6.32. The summed E-state index contributed by atoms with van der Waals surface area (Å²) in [6.45, 7) is 0.366. The number of nitrogens with zero attached hydrogens (tertiary/aromatic N) is 1. The van der Waals surface area contributed by atoms with Crippen LogP contribution in [-0.4, -0.2) is 38.6 Å². The van der Waals surface area contributed by atoms with Crippen molar-refractivity contribution in [2.45, 2.75) is 6.04 Å². The first-order valence-corrected chi connectivity index (χ1v) is 8.37. The van der Waals surface area contributed by atoms with E-state index in [1.54, 1.807) is 7.11 Å². The molecule has 0 heterocycles. The molecule has 2 aromatic carbocycles. The number of quaternary nitrogens is 1. The molecule has 138 valence electrons. The number of nitrogens with one attached hydrogen (secondary N) is 2. The highest BCUT2D eigenvalue weighted by Crippen LogP contribution is 2.25. The van der Waals surface area contributed by atoms with Crippen LogP contribution in [0.3, 0.4) is 0 Å². The molecule has 2 rings (SSSR count). The maximum absolute atomic E-state index is 12.4. The molecule has 1 amide bonds. The van der Waals surface area contributed by atoms with E-state index in [-0.39, 0.29) is 28.2 Å². The van der Waals surface area contributed by atoms with E-state index < -0.39 is 4.92 Å². The summed E-state index contributed by atoms with van der Waals surface area (Å²) in [5.74, 6) is 0.354. The standard InChI is InChI=1S/C18H20ClN3O4/c1-21(2)17(12-5-4-6-14(9-12)26-3)11-20-18(23)13-7-8-15(19)16(10-13)22(24)25/h4-10,17H,11H2,1-3H3,(H,20,23)/p+1/t17-/m0/s1. The number of halogens is 1. The van der Waals surface area contributed by atoms with Crippen molar-refractivity contribution in [3.8, 4) is 5.75 Å². The van der Waals surface area contributed by atoms with E-state index >= 15 is 0 Å². The monoisotopic (exact) mass is 378 g/mol. The van der Waals surface area contributed by atoms with Gasteiger partial charge in [-0.05, 0) is 24.3 Å². The van der Waals surface area contributed by atoms with Crippen LogP contribution in [-0.2, 0) is 0 Å². The lowest BCUT2D eigenvalue weighted by atomic mass is 10.1. The summed E-state index contributed by atoms with van der Waals surface area (Å²) in [7, 11) is 5.58. The number of nitro groups is 1. The van der Waals surface area contributed by atoms with Crippen molar-refractivity contribution in [1.29, 1.82) is 0 Å². The first-order chi connectivity index (χ1) is 12.3. The molecule has 0 aliphatic rings. The Morgan fingerprint density at radius 1 is 1.31 bits per heavy atom. The second kappa shape index (κ2) is 8.64. The SMILES string of the molecule is COc1cccc([C@H](CNC(=O)c2ccc(Cl)c([N+](=O)[O-])c2)[NH+](C)C)c1. The van der Waals surface area contributed by atoms with Gasteiger partial charge >= 0.3 is 0 Å². The molecule has 0 aliphatic heterocycles. The number of methoxy groups -OCH3 is 1. The quantitative estimate of drug-likeness (QED) is 0.569. The van der Waals surface area contributed by atoms with Crippen LogP contribution >= 0.6 is 11.6 Å². The summed E-state index contributed by atoms with van der Waals surface area (Å²) in [4.78, 5) is 23.9. The Morgan fingerprint density at radius 2 is 2.04 bits per heavy atom. The fourth-order valence-corrected chi connectivity index (χ4v) is 2.79. The summed E-state index contributed by atoms with van der Waals surface area (Å²) in [5.41, 5.74) is 0.924. The highest BCUT2D eigenvalue weighted by atomic mass is 35.5. The number of hydrogen-bond acceptors (Lipinski definition) is 4. The van der Waals surface area contributed by atoms with Gasteiger partial charge in [-0.3, -0.25) is 14.9 Å². The molecule has 0 fully saturated rings. The van der Waals surface area contributed by atoms with E-state index in [9.17, 15) is 14.9 Å². The van der Waals surface area contributed by atoms with Gasteiger partial charge in [0.15, 0.2) is 0 Å². The van der Waals surface area contributed by atoms with Gasteiger partial charge in [0.25, 0.3) is 11.6 Å². The molecule has 0 aromatic heterocycles. The zero-order valence-electron chi connectivity index (χ0n) is 14.8. The van der Waals surface area contributed by atoms with Crippen molar-refractivity contribution in [1.82, 2.24) is 5.32 Å². The van der Waals surface area contributed by atoms with E-state index in [1.165, 1.54) is 18.2 Å². The number of benzene rings is 2. The van der Waals surface area contributed by atoms with Crippen LogP contribution in [0.1, 0.15) is 22.0 Å². The van der Waals surface area contributed by atoms with Gasteiger partial charge in [0.05, 0.1) is 32.7 Å². The number of carbonyl (C=O) groups is 1. The van der Waals surface area contributed by atoms with Crippen molar-refractivity contribution in [3.05, 3.63) is 68.7 Å². The van der Waals surface area contributed by atoms with Gasteiger partial charge in [-0.25, -0.2) is 0 Å². The highest BCUT2D eigenvalue weighted by Gasteiger charge is 2.21. The Bertz CT molecular complexity index is 811. The molecule has 2 N–H and O–H groups in total. The molecule has 0 saturated heterocycles. The lowest BCUT2D eigenvalue weighted by Gasteiger charge is -2.22. The van der Waals surface area contributed by atoms with Crippen LogP contribution in [0.15, 0.2) is 42.5 Å². The van der Waals surface area contributed by atoms with Gasteiger partial charge in [-0.2, -0.15) is 0 Å².